The van der Waals surface area contributed by atoms with Crippen LogP contribution in [0.1, 0.15) is 15.9 Å². The van der Waals surface area contributed by atoms with Crippen molar-refractivity contribution in [2.75, 3.05) is 19.5 Å². The van der Waals surface area contributed by atoms with Crippen molar-refractivity contribution >= 4 is 29.4 Å². The highest BCUT2D eigenvalue weighted by molar-refractivity contribution is 6.81. The van der Waals surface area contributed by atoms with Crippen LogP contribution in [-0.2, 0) is 11.3 Å². The SMILES string of the molecule is COc1ccc(B2OCc3ccc(NC(=O)c4ccc(OC)cc4)cc32)cc1. The van der Waals surface area contributed by atoms with Gasteiger partial charge in [0.2, 0.25) is 0 Å². The minimum atomic E-state index is -0.164. The molecule has 0 atom stereocenters. The quantitative estimate of drug-likeness (QED) is 0.699. The van der Waals surface area contributed by atoms with Gasteiger partial charge in [-0.25, -0.2) is 0 Å². The number of carbonyl (C=O) groups excluding carboxylic acids is 1. The van der Waals surface area contributed by atoms with E-state index >= 15 is 0 Å². The van der Waals surface area contributed by atoms with Crippen molar-refractivity contribution in [2.24, 2.45) is 0 Å². The number of anilines is 1. The predicted molar refractivity (Wildman–Crippen MR) is 110 cm³/mol. The van der Waals surface area contributed by atoms with Crippen LogP contribution in [0.3, 0.4) is 0 Å². The molecule has 4 rings (SSSR count). The van der Waals surface area contributed by atoms with Crippen molar-refractivity contribution in [2.45, 2.75) is 6.61 Å². The Morgan fingerprint density at radius 3 is 2.21 bits per heavy atom. The van der Waals surface area contributed by atoms with E-state index in [0.29, 0.717) is 17.9 Å². The van der Waals surface area contributed by atoms with Gasteiger partial charge in [0, 0.05) is 11.3 Å². The highest BCUT2D eigenvalue weighted by Crippen LogP contribution is 2.18. The predicted octanol–water partition coefficient (Wildman–Crippen LogP) is 2.59. The lowest BCUT2D eigenvalue weighted by atomic mass is 9.56. The normalized spacial score (nSPS) is 12.4. The Hall–Kier alpha value is -3.25. The van der Waals surface area contributed by atoms with E-state index in [9.17, 15) is 4.79 Å². The first-order valence-electron chi connectivity index (χ1n) is 9.01. The third kappa shape index (κ3) is 3.59. The third-order valence-corrected chi connectivity index (χ3v) is 4.86. The Balaban J connectivity index is 1.55. The van der Waals surface area contributed by atoms with E-state index in [1.54, 1.807) is 38.5 Å². The number of ether oxygens (including phenoxy) is 2. The molecule has 1 heterocycles. The smallest absolute Gasteiger partial charge is 0.362 e. The summed E-state index contributed by atoms with van der Waals surface area (Å²) in [5, 5.41) is 2.96. The molecule has 0 radical (unpaired) electrons. The lowest BCUT2D eigenvalue weighted by Gasteiger charge is -2.11. The topological polar surface area (TPSA) is 56.8 Å². The summed E-state index contributed by atoms with van der Waals surface area (Å²) in [6.07, 6.45) is 0. The molecule has 5 nitrogen and oxygen atoms in total. The van der Waals surface area contributed by atoms with E-state index in [-0.39, 0.29) is 12.8 Å². The minimum Gasteiger partial charge on any atom is -0.497 e. The maximum absolute atomic E-state index is 12.5. The first-order chi connectivity index (χ1) is 13.7. The van der Waals surface area contributed by atoms with Gasteiger partial charge in [-0.3, -0.25) is 4.79 Å². The summed E-state index contributed by atoms with van der Waals surface area (Å²) in [6.45, 7) is 0.400. The monoisotopic (exact) mass is 373 g/mol. The van der Waals surface area contributed by atoms with Crippen LogP contribution in [0.25, 0.3) is 0 Å². The molecule has 140 valence electrons. The zero-order valence-corrected chi connectivity index (χ0v) is 15.8. The zero-order chi connectivity index (χ0) is 19.5. The Kier molecular flexibility index (Phi) is 5.04. The zero-order valence-electron chi connectivity index (χ0n) is 15.8. The van der Waals surface area contributed by atoms with Gasteiger partial charge < -0.3 is 19.4 Å². The average molecular weight is 373 g/mol. The van der Waals surface area contributed by atoms with E-state index in [2.05, 4.69) is 5.32 Å². The largest absolute Gasteiger partial charge is 0.497 e. The number of methoxy groups -OCH3 is 2. The van der Waals surface area contributed by atoms with Gasteiger partial charge in [0.1, 0.15) is 11.5 Å². The molecule has 0 saturated heterocycles. The number of nitrogens with one attached hydrogen (secondary N) is 1. The van der Waals surface area contributed by atoms with Gasteiger partial charge in [0.25, 0.3) is 5.91 Å². The molecular weight excluding hydrogens is 353 g/mol. The van der Waals surface area contributed by atoms with Gasteiger partial charge >= 0.3 is 6.92 Å². The number of amides is 1. The molecule has 1 aliphatic heterocycles. The third-order valence-electron chi connectivity index (χ3n) is 4.86. The number of hydrogen-bond donors (Lipinski definition) is 1. The molecule has 1 aliphatic rings. The van der Waals surface area contributed by atoms with Crippen molar-refractivity contribution in [3.8, 4) is 11.5 Å². The highest BCUT2D eigenvalue weighted by atomic mass is 16.5. The van der Waals surface area contributed by atoms with E-state index in [4.69, 9.17) is 14.1 Å². The van der Waals surface area contributed by atoms with Crippen LogP contribution < -0.4 is 25.7 Å². The fraction of sp³-hybridized carbons (Fsp3) is 0.136. The Morgan fingerprint density at radius 2 is 1.57 bits per heavy atom. The molecule has 3 aromatic rings. The molecule has 0 fully saturated rings. The molecule has 0 unspecified atom stereocenters. The molecule has 1 N–H and O–H groups in total. The maximum Gasteiger partial charge on any atom is 0.362 e. The molecule has 0 saturated carbocycles. The van der Waals surface area contributed by atoms with Gasteiger partial charge in [0.05, 0.1) is 20.8 Å². The lowest BCUT2D eigenvalue weighted by molar-refractivity contribution is 0.102. The van der Waals surface area contributed by atoms with Gasteiger partial charge in [-0.15, -0.1) is 0 Å². The Labute approximate surface area is 164 Å². The van der Waals surface area contributed by atoms with Gasteiger partial charge in [-0.2, -0.15) is 0 Å². The standard InChI is InChI=1S/C22H20BNO4/c1-26-19-9-4-15(5-10-19)22(25)24-18-8-3-16-14-28-23(21(16)13-18)17-6-11-20(27-2)12-7-17/h3-13H,14H2,1-2H3,(H,24,25). The molecule has 1 amide bonds. The summed E-state index contributed by atoms with van der Waals surface area (Å²) in [6, 6.07) is 20.8. The van der Waals surface area contributed by atoms with Crippen LogP contribution in [0.2, 0.25) is 0 Å². The summed E-state index contributed by atoms with van der Waals surface area (Å²) in [7, 11) is 3.25. The van der Waals surface area contributed by atoms with Crippen LogP contribution in [-0.4, -0.2) is 27.0 Å². The van der Waals surface area contributed by atoms with Gasteiger partial charge in [-0.05, 0) is 65.0 Å². The summed E-state index contributed by atoms with van der Waals surface area (Å²) in [5.41, 5.74) is 4.56. The Bertz CT molecular complexity index is 986. The maximum atomic E-state index is 12.5. The van der Waals surface area contributed by atoms with E-state index in [1.807, 2.05) is 42.5 Å². The van der Waals surface area contributed by atoms with Crippen LogP contribution >= 0.6 is 0 Å². The second kappa shape index (κ2) is 7.78. The van der Waals surface area contributed by atoms with Crippen molar-refractivity contribution in [1.29, 1.82) is 0 Å². The molecule has 0 spiro atoms. The van der Waals surface area contributed by atoms with E-state index in [0.717, 1.165) is 27.9 Å². The molecule has 0 aromatic heterocycles. The molecule has 28 heavy (non-hydrogen) atoms. The molecular formula is C22H20BNO4. The number of carbonyl (C=O) groups is 1. The Morgan fingerprint density at radius 1 is 0.929 bits per heavy atom. The van der Waals surface area contributed by atoms with E-state index < -0.39 is 0 Å². The van der Waals surface area contributed by atoms with Crippen molar-refractivity contribution in [1.82, 2.24) is 0 Å². The first-order valence-corrected chi connectivity index (χ1v) is 9.01. The van der Waals surface area contributed by atoms with Crippen LogP contribution in [0, 0.1) is 0 Å². The van der Waals surface area contributed by atoms with Crippen molar-refractivity contribution in [3.05, 3.63) is 77.9 Å². The van der Waals surface area contributed by atoms with Crippen LogP contribution in [0.5, 0.6) is 11.5 Å². The van der Waals surface area contributed by atoms with Crippen LogP contribution in [0.4, 0.5) is 5.69 Å². The number of rotatable bonds is 5. The fourth-order valence-electron chi connectivity index (χ4n) is 3.31. The number of hydrogen-bond acceptors (Lipinski definition) is 4. The van der Waals surface area contributed by atoms with Gasteiger partial charge in [0.15, 0.2) is 0 Å². The average Bonchev–Trinajstić information content (AvgIpc) is 3.17. The fourth-order valence-corrected chi connectivity index (χ4v) is 3.31. The molecule has 0 aliphatic carbocycles. The molecule has 6 heteroatoms. The van der Waals surface area contributed by atoms with Crippen molar-refractivity contribution in [3.63, 3.8) is 0 Å². The number of benzene rings is 3. The number of fused-ring (bicyclic) bond motifs is 1. The van der Waals surface area contributed by atoms with Crippen molar-refractivity contribution < 1.29 is 18.9 Å². The summed E-state index contributed by atoms with van der Waals surface area (Å²) >= 11 is 0. The minimum absolute atomic E-state index is 0.154. The van der Waals surface area contributed by atoms with E-state index in [1.165, 1.54) is 0 Å². The molecule has 3 aromatic carbocycles. The summed E-state index contributed by atoms with van der Waals surface area (Å²) in [5.74, 6) is 1.36. The lowest BCUT2D eigenvalue weighted by Crippen LogP contribution is -2.41. The van der Waals surface area contributed by atoms with Gasteiger partial charge in [-0.1, -0.05) is 18.2 Å². The second-order valence-electron chi connectivity index (χ2n) is 6.56. The first kappa shape index (κ1) is 18.1. The highest BCUT2D eigenvalue weighted by Gasteiger charge is 2.30. The van der Waals surface area contributed by atoms with Crippen LogP contribution in [0.15, 0.2) is 66.7 Å². The second-order valence-corrected chi connectivity index (χ2v) is 6.56. The summed E-state index contributed by atoms with van der Waals surface area (Å²) in [4.78, 5) is 12.5. The molecule has 0 bridgehead atoms. The summed E-state index contributed by atoms with van der Waals surface area (Å²) < 4.78 is 16.3.